The Morgan fingerprint density at radius 3 is 2.28 bits per heavy atom. The first-order chi connectivity index (χ1) is 16.9. The second-order valence-electron chi connectivity index (χ2n) is 8.14. The zero-order valence-electron chi connectivity index (χ0n) is 19.3. The van der Waals surface area contributed by atoms with E-state index in [2.05, 4.69) is 16.0 Å². The molecule has 3 amide bonds. The van der Waals surface area contributed by atoms with Crippen LogP contribution in [0.1, 0.15) is 23.6 Å². The number of aromatic hydroxyl groups is 1. The highest BCUT2D eigenvalue weighted by molar-refractivity contribution is 5.92. The minimum absolute atomic E-state index is 0.0706. The normalized spacial score (nSPS) is 13.7. The molecule has 0 heterocycles. The molecule has 0 fully saturated rings. The first kappa shape index (κ1) is 28.3. The van der Waals surface area contributed by atoms with Crippen molar-refractivity contribution in [2.45, 2.75) is 44.1 Å². The highest BCUT2D eigenvalue weighted by Gasteiger charge is 2.30. The van der Waals surface area contributed by atoms with Gasteiger partial charge in [0.1, 0.15) is 18.1 Å². The van der Waals surface area contributed by atoms with Gasteiger partial charge in [0.2, 0.25) is 17.7 Å². The van der Waals surface area contributed by atoms with Gasteiger partial charge in [0.05, 0.1) is 24.2 Å². The van der Waals surface area contributed by atoms with E-state index in [-0.39, 0.29) is 24.2 Å². The molecule has 2 aromatic carbocycles. The van der Waals surface area contributed by atoms with Crippen LogP contribution >= 0.6 is 0 Å². The molecular weight excluding hydrogens is 481 g/mol. The molecule has 0 aliphatic carbocycles. The number of nitrogens with one attached hydrogen (secondary N) is 3. The average Bonchev–Trinajstić information content (AvgIpc) is 2.83. The van der Waals surface area contributed by atoms with Crippen molar-refractivity contribution < 1.29 is 37.5 Å². The van der Waals surface area contributed by atoms with Gasteiger partial charge in [-0.3, -0.25) is 14.4 Å². The van der Waals surface area contributed by atoms with Gasteiger partial charge < -0.3 is 31.6 Å². The molecule has 0 aliphatic rings. The largest absolute Gasteiger partial charge is 0.508 e. The van der Waals surface area contributed by atoms with Gasteiger partial charge >= 0.3 is 6.18 Å². The zero-order valence-corrected chi connectivity index (χ0v) is 19.3. The maximum Gasteiger partial charge on any atom is 0.416 e. The zero-order chi connectivity index (χ0) is 26.9. The van der Waals surface area contributed by atoms with Gasteiger partial charge in [-0.1, -0.05) is 30.3 Å². The quantitative estimate of drug-likeness (QED) is 0.284. The van der Waals surface area contributed by atoms with E-state index in [1.165, 1.54) is 31.2 Å². The van der Waals surface area contributed by atoms with Crippen LogP contribution in [0.2, 0.25) is 0 Å². The van der Waals surface area contributed by atoms with Gasteiger partial charge in [0.25, 0.3) is 0 Å². The van der Waals surface area contributed by atoms with Crippen LogP contribution in [0.3, 0.4) is 0 Å². The van der Waals surface area contributed by atoms with Crippen LogP contribution in [0.15, 0.2) is 48.5 Å². The highest BCUT2D eigenvalue weighted by atomic mass is 19.4. The van der Waals surface area contributed by atoms with Gasteiger partial charge in [-0.15, -0.1) is 0 Å². The number of phenols is 1. The summed E-state index contributed by atoms with van der Waals surface area (Å²) >= 11 is 0. The third kappa shape index (κ3) is 9.02. The third-order valence-electron chi connectivity index (χ3n) is 5.12. The van der Waals surface area contributed by atoms with Crippen LogP contribution in [-0.4, -0.2) is 53.8 Å². The summed E-state index contributed by atoms with van der Waals surface area (Å²) in [4.78, 5) is 47.9. The topological polar surface area (TPSA) is 151 Å². The van der Waals surface area contributed by atoms with Crippen LogP contribution in [0.4, 0.5) is 13.2 Å². The van der Waals surface area contributed by atoms with Crippen LogP contribution in [0, 0.1) is 0 Å². The van der Waals surface area contributed by atoms with Crippen molar-refractivity contribution in [3.8, 4) is 5.75 Å². The molecule has 194 valence electrons. The predicted octanol–water partition coefficient (Wildman–Crippen LogP) is 0.828. The molecule has 0 unspecified atom stereocenters. The molecule has 9 nitrogen and oxygen atoms in total. The molecule has 0 radical (unpaired) electrons. The molecular formula is C24H27F3N4O5. The van der Waals surface area contributed by atoms with Crippen molar-refractivity contribution in [1.29, 1.82) is 0 Å². The molecule has 6 N–H and O–H groups in total. The number of hydrogen-bond donors (Lipinski definition) is 5. The molecule has 0 aliphatic heterocycles. The van der Waals surface area contributed by atoms with Gasteiger partial charge in [0, 0.05) is 0 Å². The molecule has 0 saturated heterocycles. The second kappa shape index (κ2) is 12.7. The maximum absolute atomic E-state index is 12.9. The minimum Gasteiger partial charge on any atom is -0.508 e. The van der Waals surface area contributed by atoms with Crippen molar-refractivity contribution in [3.63, 3.8) is 0 Å². The van der Waals surface area contributed by atoms with Crippen LogP contribution < -0.4 is 21.7 Å². The molecule has 3 atom stereocenters. The van der Waals surface area contributed by atoms with E-state index in [9.17, 15) is 37.5 Å². The first-order valence-corrected chi connectivity index (χ1v) is 10.9. The lowest BCUT2D eigenvalue weighted by atomic mass is 10.0. The van der Waals surface area contributed by atoms with Crippen molar-refractivity contribution in [1.82, 2.24) is 16.0 Å². The fourth-order valence-corrected chi connectivity index (χ4v) is 3.20. The molecule has 12 heteroatoms. The number of phenolic OH excluding ortho intramolecular Hbond substituents is 1. The van der Waals surface area contributed by atoms with Crippen molar-refractivity contribution in [2.75, 3.05) is 6.54 Å². The Bertz CT molecular complexity index is 1080. The third-order valence-corrected chi connectivity index (χ3v) is 5.12. The monoisotopic (exact) mass is 508 g/mol. The minimum atomic E-state index is -4.54. The summed E-state index contributed by atoms with van der Waals surface area (Å²) in [6.07, 6.45) is -4.15. The lowest BCUT2D eigenvalue weighted by Crippen LogP contribution is -2.52. The summed E-state index contributed by atoms with van der Waals surface area (Å²) in [5.74, 6) is -1.95. The van der Waals surface area contributed by atoms with Crippen molar-refractivity contribution in [2.24, 2.45) is 5.73 Å². The number of carbonyl (C=O) groups is 4. The predicted molar refractivity (Wildman–Crippen MR) is 124 cm³/mol. The van der Waals surface area contributed by atoms with Crippen molar-refractivity contribution in [3.05, 3.63) is 65.2 Å². The number of halogens is 3. The average molecular weight is 508 g/mol. The van der Waals surface area contributed by atoms with Crippen LogP contribution in [0.5, 0.6) is 5.75 Å². The molecule has 0 aromatic heterocycles. The number of amides is 3. The summed E-state index contributed by atoms with van der Waals surface area (Å²) in [5, 5.41) is 16.4. The lowest BCUT2D eigenvalue weighted by molar-refractivity contribution is -0.137. The molecule has 0 bridgehead atoms. The summed E-state index contributed by atoms with van der Waals surface area (Å²) in [6, 6.07) is 7.42. The fraction of sp³-hybridized carbons (Fsp3) is 0.333. The number of alkyl halides is 3. The van der Waals surface area contributed by atoms with Crippen molar-refractivity contribution >= 4 is 24.0 Å². The van der Waals surface area contributed by atoms with E-state index in [1.807, 2.05) is 0 Å². The number of nitrogens with two attached hydrogens (primary N) is 1. The number of hydrogen-bond acceptors (Lipinski definition) is 6. The second-order valence-corrected chi connectivity index (χ2v) is 8.14. The molecule has 36 heavy (non-hydrogen) atoms. The number of aldehydes is 1. The number of rotatable bonds is 11. The Kier molecular flexibility index (Phi) is 9.97. The lowest BCUT2D eigenvalue weighted by Gasteiger charge is -2.18. The molecule has 2 rings (SSSR count). The highest BCUT2D eigenvalue weighted by Crippen LogP contribution is 2.29. The first-order valence-electron chi connectivity index (χ1n) is 10.9. The van der Waals surface area contributed by atoms with Gasteiger partial charge in [0.15, 0.2) is 0 Å². The number of benzene rings is 2. The SMILES string of the molecule is C[C@@H](NC(=O)[C@@H](N)Cc1ccc(O)cc1)C(=O)NCC(=O)N[C@H](C=O)Cc1cccc(C(F)(F)F)c1. The standard InChI is InChI=1S/C24H27F3N4O5/c1-14(30-23(36)20(28)11-15-5-7-19(33)8-6-15)22(35)29-12-21(34)31-18(13-32)10-16-3-2-4-17(9-16)24(25,26)27/h2-9,13-14,18,20,33H,10-12,28H2,1H3,(H,29,35)(H,30,36)(H,31,34)/t14-,18+,20+/m1/s1. The summed E-state index contributed by atoms with van der Waals surface area (Å²) in [6.45, 7) is 0.867. The van der Waals surface area contributed by atoms with E-state index in [1.54, 1.807) is 12.1 Å². The summed E-state index contributed by atoms with van der Waals surface area (Å²) in [5.41, 5.74) is 5.89. The summed E-state index contributed by atoms with van der Waals surface area (Å²) in [7, 11) is 0. The smallest absolute Gasteiger partial charge is 0.416 e. The summed E-state index contributed by atoms with van der Waals surface area (Å²) < 4.78 is 38.6. The molecule has 0 saturated carbocycles. The Morgan fingerprint density at radius 2 is 1.67 bits per heavy atom. The van der Waals surface area contributed by atoms with E-state index >= 15 is 0 Å². The number of carbonyl (C=O) groups excluding carboxylic acids is 4. The van der Waals surface area contributed by atoms with Gasteiger partial charge in [-0.2, -0.15) is 13.2 Å². The Hall–Kier alpha value is -3.93. The van der Waals surface area contributed by atoms with Gasteiger partial charge in [-0.25, -0.2) is 0 Å². The van der Waals surface area contributed by atoms with Crippen LogP contribution in [-0.2, 0) is 38.2 Å². The van der Waals surface area contributed by atoms with E-state index in [0.29, 0.717) is 11.8 Å². The molecule has 2 aromatic rings. The maximum atomic E-state index is 12.9. The van der Waals surface area contributed by atoms with Gasteiger partial charge in [-0.05, 0) is 49.1 Å². The van der Waals surface area contributed by atoms with E-state index < -0.39 is 54.1 Å². The van der Waals surface area contributed by atoms with E-state index in [4.69, 9.17) is 5.73 Å². The Balaban J connectivity index is 1.80. The van der Waals surface area contributed by atoms with E-state index in [0.717, 1.165) is 12.1 Å². The fourth-order valence-electron chi connectivity index (χ4n) is 3.20. The Morgan fingerprint density at radius 1 is 1.00 bits per heavy atom. The van der Waals surface area contributed by atoms with Crippen LogP contribution in [0.25, 0.3) is 0 Å². The Labute approximate surface area is 205 Å². The molecule has 0 spiro atoms.